The summed E-state index contributed by atoms with van der Waals surface area (Å²) in [6, 6.07) is 20.1. The van der Waals surface area contributed by atoms with E-state index in [1.807, 2.05) is 0 Å². The number of anilines is 2. The Labute approximate surface area is 287 Å². The van der Waals surface area contributed by atoms with Gasteiger partial charge in [-0.2, -0.15) is 0 Å². The summed E-state index contributed by atoms with van der Waals surface area (Å²) in [7, 11) is 0. The van der Waals surface area contributed by atoms with Gasteiger partial charge in [-0.3, -0.25) is 34.2 Å². The Kier molecular flexibility index (Phi) is 6.79. The van der Waals surface area contributed by atoms with Crippen molar-refractivity contribution in [2.45, 2.75) is 28.5 Å². The van der Waals surface area contributed by atoms with Crippen LogP contribution >= 0.6 is 23.2 Å². The van der Waals surface area contributed by atoms with E-state index in [1.165, 1.54) is 36.4 Å². The third-order valence-corrected chi connectivity index (χ3v) is 11.9. The smallest absolute Gasteiger partial charge is 0.269 e. The lowest BCUT2D eigenvalue weighted by atomic mass is 9.56. The van der Waals surface area contributed by atoms with Crippen molar-refractivity contribution in [1.82, 2.24) is 0 Å². The Hall–Kier alpha value is -5.13. The number of rotatable bonds is 4. The van der Waals surface area contributed by atoms with Crippen molar-refractivity contribution in [3.63, 3.8) is 0 Å². The number of nitro benzene ring substituents is 1. The molecule has 4 amide bonds. The summed E-state index contributed by atoms with van der Waals surface area (Å²) in [5.74, 6) is -7.61. The molecular formula is C36H24Cl2FN3O7. The number of allylic oxidation sites excluding steroid dienone is 2. The van der Waals surface area contributed by atoms with Gasteiger partial charge < -0.3 is 5.11 Å². The molecule has 246 valence electrons. The first kappa shape index (κ1) is 31.2. The van der Waals surface area contributed by atoms with E-state index in [2.05, 4.69) is 0 Å². The second-order valence-electron chi connectivity index (χ2n) is 12.8. The molecule has 49 heavy (non-hydrogen) atoms. The van der Waals surface area contributed by atoms with E-state index >= 15 is 0 Å². The molecule has 2 aliphatic carbocycles. The predicted molar refractivity (Wildman–Crippen MR) is 178 cm³/mol. The van der Waals surface area contributed by atoms with Crippen LogP contribution in [-0.4, -0.2) is 43.4 Å². The minimum absolute atomic E-state index is 0.0404. The first-order valence-electron chi connectivity index (χ1n) is 15.4. The molecule has 1 saturated carbocycles. The number of carbonyl (C=O) groups excluding carboxylic acids is 4. The van der Waals surface area contributed by atoms with E-state index in [9.17, 15) is 38.8 Å². The van der Waals surface area contributed by atoms with Crippen LogP contribution in [0.5, 0.6) is 5.75 Å². The molecule has 3 fully saturated rings. The fourth-order valence-electron chi connectivity index (χ4n) is 8.23. The molecule has 4 aliphatic rings. The highest BCUT2D eigenvalue weighted by molar-refractivity contribution is 6.58. The second kappa shape index (κ2) is 10.7. The maximum atomic E-state index is 14.6. The van der Waals surface area contributed by atoms with Gasteiger partial charge >= 0.3 is 0 Å². The van der Waals surface area contributed by atoms with Crippen molar-refractivity contribution in [2.24, 2.45) is 17.8 Å². The fourth-order valence-corrected chi connectivity index (χ4v) is 9.15. The van der Waals surface area contributed by atoms with E-state index in [-0.39, 0.29) is 41.2 Å². The van der Waals surface area contributed by atoms with E-state index < -0.39 is 67.8 Å². The van der Waals surface area contributed by atoms with Gasteiger partial charge in [0.05, 0.1) is 28.1 Å². The number of aromatic hydroxyl groups is 1. The highest BCUT2D eigenvalue weighted by Crippen LogP contribution is 2.66. The molecule has 2 heterocycles. The molecule has 4 aromatic carbocycles. The topological polar surface area (TPSA) is 138 Å². The Morgan fingerprint density at radius 2 is 1.47 bits per heavy atom. The number of nitrogens with zero attached hydrogens (tertiary/aromatic N) is 3. The second-order valence-corrected chi connectivity index (χ2v) is 14.0. The summed E-state index contributed by atoms with van der Waals surface area (Å²) in [6.07, 6.45) is 1.53. The molecule has 0 bridgehead atoms. The van der Waals surface area contributed by atoms with Gasteiger partial charge in [0.25, 0.3) is 17.5 Å². The molecule has 2 saturated heterocycles. The summed E-state index contributed by atoms with van der Waals surface area (Å²) in [6.45, 7) is 0. The molecule has 0 unspecified atom stereocenters. The zero-order valence-electron chi connectivity index (χ0n) is 25.3. The number of amides is 4. The molecule has 1 N–H and O–H groups in total. The van der Waals surface area contributed by atoms with Gasteiger partial charge in [0.2, 0.25) is 11.8 Å². The normalized spacial score (nSPS) is 29.2. The summed E-state index contributed by atoms with van der Waals surface area (Å²) >= 11 is 14.8. The van der Waals surface area contributed by atoms with E-state index in [0.717, 1.165) is 21.9 Å². The van der Waals surface area contributed by atoms with Gasteiger partial charge in [-0.05, 0) is 60.5 Å². The number of hydrogen-bond donors (Lipinski definition) is 1. The lowest BCUT2D eigenvalue weighted by Gasteiger charge is -2.50. The average molecular weight is 701 g/mol. The monoisotopic (exact) mass is 699 g/mol. The van der Waals surface area contributed by atoms with Crippen LogP contribution in [0.1, 0.15) is 24.3 Å². The van der Waals surface area contributed by atoms with Gasteiger partial charge in [-0.1, -0.05) is 48.0 Å². The van der Waals surface area contributed by atoms with Crippen molar-refractivity contribution in [3.8, 4) is 5.75 Å². The quantitative estimate of drug-likeness (QED) is 0.0860. The Morgan fingerprint density at radius 1 is 0.816 bits per heavy atom. The number of benzene rings is 4. The van der Waals surface area contributed by atoms with Crippen LogP contribution in [0.3, 0.4) is 0 Å². The molecule has 4 aromatic rings. The zero-order chi connectivity index (χ0) is 34.6. The molecule has 2 aliphatic heterocycles. The molecule has 6 atom stereocenters. The Balaban J connectivity index is 1.30. The van der Waals surface area contributed by atoms with Crippen LogP contribution in [-0.2, 0) is 19.2 Å². The lowest BCUT2D eigenvalue weighted by Crippen LogP contribution is -2.60. The Morgan fingerprint density at radius 3 is 2.16 bits per heavy atom. The number of non-ortho nitro benzene ring substituents is 1. The molecule has 13 heteroatoms. The van der Waals surface area contributed by atoms with Crippen LogP contribution in [0.25, 0.3) is 10.8 Å². The average Bonchev–Trinajstić information content (AvgIpc) is 3.43. The van der Waals surface area contributed by atoms with Crippen molar-refractivity contribution in [1.29, 1.82) is 0 Å². The van der Waals surface area contributed by atoms with Gasteiger partial charge in [0.15, 0.2) is 9.75 Å². The van der Waals surface area contributed by atoms with E-state index in [1.54, 1.807) is 42.5 Å². The van der Waals surface area contributed by atoms with Crippen molar-refractivity contribution in [3.05, 3.63) is 118 Å². The number of hydrogen-bond acceptors (Lipinski definition) is 7. The predicted octanol–water partition coefficient (Wildman–Crippen LogP) is 6.36. The highest BCUT2D eigenvalue weighted by Gasteiger charge is 2.77. The molecule has 0 radical (unpaired) electrons. The number of imide groups is 2. The first-order chi connectivity index (χ1) is 23.4. The number of carbonyl (C=O) groups is 4. The van der Waals surface area contributed by atoms with Crippen LogP contribution in [0.15, 0.2) is 96.6 Å². The number of fused-ring (bicyclic) bond motifs is 5. The Bertz CT molecular complexity index is 2190. The van der Waals surface area contributed by atoms with Crippen molar-refractivity contribution < 1.29 is 33.6 Å². The number of phenols is 1. The van der Waals surface area contributed by atoms with Crippen LogP contribution < -0.4 is 9.80 Å². The lowest BCUT2D eigenvalue weighted by molar-refractivity contribution is -0.384. The van der Waals surface area contributed by atoms with Gasteiger partial charge in [0.1, 0.15) is 11.6 Å². The van der Waals surface area contributed by atoms with E-state index in [4.69, 9.17) is 23.2 Å². The molecule has 0 aromatic heterocycles. The first-order valence-corrected chi connectivity index (χ1v) is 16.2. The van der Waals surface area contributed by atoms with E-state index in [0.29, 0.717) is 16.3 Å². The molecule has 8 rings (SSSR count). The summed E-state index contributed by atoms with van der Waals surface area (Å²) in [5, 5.41) is 24.1. The molecule has 0 spiro atoms. The SMILES string of the molecule is O=C1[C@H]2[C@H](CC=C3[C@H]2C[C@@]2(Cl)C(=O)N(c4ccc(F)cc4)C(=O)[C@@]2(Cl)[C@H]3c2ccc3ccccc3c2O)C(=O)N1c1ccc([N+](=O)[O-])cc1. The number of phenolic OH excluding ortho intramolecular Hbond substituents is 1. The summed E-state index contributed by atoms with van der Waals surface area (Å²) in [4.78, 5) is 65.2. The van der Waals surface area contributed by atoms with Gasteiger partial charge in [0, 0.05) is 29.0 Å². The standard InChI is InChI=1S/C36H24Cl2FN3O7/c37-35-17-27-24(15-16-25-28(27)32(45)40(31(25)44)20-10-12-22(13-11-20)42(48)49)29(26-14-5-18-3-1-2-4-23(18)30(26)43)36(35,38)34(47)41(33(35)46)21-8-6-19(39)7-9-21/h1-15,25,27-29,43H,16-17H2/t25-,27+,28-,29+,35+,36-/m0/s1. The minimum Gasteiger partial charge on any atom is -0.507 e. The highest BCUT2D eigenvalue weighted by atomic mass is 35.5. The molecule has 10 nitrogen and oxygen atoms in total. The zero-order valence-corrected chi connectivity index (χ0v) is 26.8. The van der Waals surface area contributed by atoms with Gasteiger partial charge in [-0.25, -0.2) is 9.29 Å². The van der Waals surface area contributed by atoms with Crippen LogP contribution in [0.2, 0.25) is 0 Å². The largest absolute Gasteiger partial charge is 0.507 e. The van der Waals surface area contributed by atoms with Crippen molar-refractivity contribution >= 4 is 74.7 Å². The number of nitro groups is 1. The number of halogens is 3. The van der Waals surface area contributed by atoms with Gasteiger partial charge in [-0.15, -0.1) is 23.2 Å². The van der Waals surface area contributed by atoms with Crippen molar-refractivity contribution in [2.75, 3.05) is 9.80 Å². The van der Waals surface area contributed by atoms with Crippen LogP contribution in [0.4, 0.5) is 21.5 Å². The maximum Gasteiger partial charge on any atom is 0.269 e. The third kappa shape index (κ3) is 4.12. The summed E-state index contributed by atoms with van der Waals surface area (Å²) < 4.78 is 13.9. The third-order valence-electron chi connectivity index (χ3n) is 10.5. The molecular weight excluding hydrogens is 676 g/mol. The maximum absolute atomic E-state index is 14.6. The minimum atomic E-state index is -2.21. The fraction of sp³-hybridized carbons (Fsp3) is 0.222. The van der Waals surface area contributed by atoms with Crippen LogP contribution in [0, 0.1) is 33.7 Å². The number of alkyl halides is 2. The summed E-state index contributed by atoms with van der Waals surface area (Å²) in [5.41, 5.74) is 0.662.